The van der Waals surface area contributed by atoms with Gasteiger partial charge in [0.25, 0.3) is 0 Å². The van der Waals surface area contributed by atoms with Crippen LogP contribution in [-0.4, -0.2) is 29.8 Å². The van der Waals surface area contributed by atoms with Crippen LogP contribution in [0.3, 0.4) is 0 Å². The molecule has 0 fully saturated rings. The lowest BCUT2D eigenvalue weighted by Gasteiger charge is -2.13. The fourth-order valence-corrected chi connectivity index (χ4v) is 2.78. The molecule has 0 aromatic heterocycles. The van der Waals surface area contributed by atoms with Gasteiger partial charge in [0.2, 0.25) is 0 Å². The minimum absolute atomic E-state index is 0.0679. The van der Waals surface area contributed by atoms with Crippen LogP contribution in [0, 0.1) is 0 Å². The molecule has 6 nitrogen and oxygen atoms in total. The molecule has 1 aliphatic carbocycles. The van der Waals surface area contributed by atoms with E-state index in [1.54, 1.807) is 0 Å². The Kier molecular flexibility index (Phi) is 3.80. The summed E-state index contributed by atoms with van der Waals surface area (Å²) in [5.41, 5.74) is 4.09. The second-order valence-electron chi connectivity index (χ2n) is 4.98. The molecule has 0 bridgehead atoms. The van der Waals surface area contributed by atoms with Gasteiger partial charge in [-0.3, -0.25) is 0 Å². The summed E-state index contributed by atoms with van der Waals surface area (Å²) < 4.78 is 8.69. The van der Waals surface area contributed by atoms with E-state index in [-0.39, 0.29) is 12.5 Å². The third kappa shape index (κ3) is 2.78. The van der Waals surface area contributed by atoms with Gasteiger partial charge in [-0.2, -0.15) is 0 Å². The molecule has 0 saturated carbocycles. The van der Waals surface area contributed by atoms with E-state index in [0.29, 0.717) is 0 Å². The van der Waals surface area contributed by atoms with E-state index in [0.717, 1.165) is 22.3 Å². The van der Waals surface area contributed by atoms with Crippen molar-refractivity contribution in [1.82, 2.24) is 0 Å². The molecule has 2 aromatic rings. The monoisotopic (exact) mass is 312 g/mol. The van der Waals surface area contributed by atoms with Gasteiger partial charge in [0.15, 0.2) is 0 Å². The van der Waals surface area contributed by atoms with Crippen LogP contribution in [0.4, 0.5) is 4.79 Å². The first kappa shape index (κ1) is 14.8. The predicted molar refractivity (Wildman–Crippen MR) is 78.8 cm³/mol. The highest BCUT2D eigenvalue weighted by Gasteiger charge is 2.30. The fraction of sp³-hybridized carbons (Fsp3) is 0.118. The van der Waals surface area contributed by atoms with Crippen molar-refractivity contribution in [3.8, 4) is 11.1 Å². The van der Waals surface area contributed by atoms with Crippen LogP contribution in [0.15, 0.2) is 48.5 Å². The average Bonchev–Trinajstić information content (AvgIpc) is 2.86. The van der Waals surface area contributed by atoms with E-state index < -0.39 is 18.1 Å². The maximum Gasteiger partial charge on any atom is 0.514 e. The molecule has 0 saturated heterocycles. The molecule has 0 aliphatic heterocycles. The molecule has 0 spiro atoms. The van der Waals surface area contributed by atoms with Crippen LogP contribution in [-0.2, 0) is 19.1 Å². The first-order valence-corrected chi connectivity index (χ1v) is 6.88. The number of rotatable bonds is 2. The molecule has 0 unspecified atom stereocenters. The highest BCUT2D eigenvalue weighted by atomic mass is 16.7. The molecular weight excluding hydrogens is 300 g/mol. The van der Waals surface area contributed by atoms with Gasteiger partial charge in [0.1, 0.15) is 6.61 Å². The van der Waals surface area contributed by atoms with Crippen molar-refractivity contribution in [1.29, 1.82) is 0 Å². The Morgan fingerprint density at radius 2 is 1.39 bits per heavy atom. The van der Waals surface area contributed by atoms with Gasteiger partial charge < -0.3 is 14.6 Å². The van der Waals surface area contributed by atoms with Gasteiger partial charge in [0.05, 0.1) is 0 Å². The Labute approximate surface area is 131 Å². The first-order chi connectivity index (χ1) is 11.1. The molecule has 1 aliphatic rings. The zero-order valence-electron chi connectivity index (χ0n) is 11.9. The Morgan fingerprint density at radius 3 is 1.91 bits per heavy atom. The fourth-order valence-electron chi connectivity index (χ4n) is 2.78. The Morgan fingerprint density at radius 1 is 0.870 bits per heavy atom. The lowest BCUT2D eigenvalue weighted by Crippen LogP contribution is -2.24. The second kappa shape index (κ2) is 5.92. The van der Waals surface area contributed by atoms with Gasteiger partial charge in [0, 0.05) is 5.92 Å². The maximum absolute atomic E-state index is 11.5. The van der Waals surface area contributed by atoms with Gasteiger partial charge in [-0.1, -0.05) is 48.5 Å². The lowest BCUT2D eigenvalue weighted by molar-refractivity contribution is -0.165. The third-order valence-electron chi connectivity index (χ3n) is 3.69. The first-order valence-electron chi connectivity index (χ1n) is 6.88. The Bertz CT molecular complexity index is 750. The van der Waals surface area contributed by atoms with Crippen LogP contribution >= 0.6 is 0 Å². The van der Waals surface area contributed by atoms with Crippen molar-refractivity contribution in [2.24, 2.45) is 0 Å². The minimum Gasteiger partial charge on any atom is -0.456 e. The molecule has 6 heteroatoms. The normalized spacial score (nSPS) is 12.2. The van der Waals surface area contributed by atoms with Crippen LogP contribution in [0.2, 0.25) is 0 Å². The third-order valence-corrected chi connectivity index (χ3v) is 3.69. The summed E-state index contributed by atoms with van der Waals surface area (Å²) in [7, 11) is 0. The van der Waals surface area contributed by atoms with Crippen LogP contribution in [0.25, 0.3) is 11.1 Å². The number of ether oxygens (including phenoxy) is 2. The summed E-state index contributed by atoms with van der Waals surface area (Å²) in [6, 6.07) is 15.5. The number of carboxylic acid groups (broad SMARTS) is 1. The summed E-state index contributed by atoms with van der Waals surface area (Å²) in [5, 5.41) is 8.32. The van der Waals surface area contributed by atoms with E-state index in [2.05, 4.69) is 4.74 Å². The molecule has 1 N–H and O–H groups in total. The standard InChI is InChI=1S/C17H12O6/c18-15(16(19)23-17(20)21)22-9-14-12-7-3-1-5-10(12)11-6-2-4-8-13(11)14/h1-8,14H,9H2,(H,20,21). The van der Waals surface area contributed by atoms with Crippen molar-refractivity contribution in [3.05, 3.63) is 59.7 Å². The molecular formula is C17H12O6. The minimum atomic E-state index is -1.84. The van der Waals surface area contributed by atoms with E-state index >= 15 is 0 Å². The largest absolute Gasteiger partial charge is 0.514 e. The number of hydrogen-bond acceptors (Lipinski definition) is 5. The van der Waals surface area contributed by atoms with Crippen molar-refractivity contribution < 1.29 is 29.0 Å². The predicted octanol–water partition coefficient (Wildman–Crippen LogP) is 2.56. The number of carbonyl (C=O) groups is 3. The van der Waals surface area contributed by atoms with E-state index in [1.165, 1.54) is 0 Å². The van der Waals surface area contributed by atoms with Crippen LogP contribution in [0.1, 0.15) is 17.0 Å². The van der Waals surface area contributed by atoms with E-state index in [9.17, 15) is 14.4 Å². The van der Waals surface area contributed by atoms with Gasteiger partial charge >= 0.3 is 18.1 Å². The number of fused-ring (bicyclic) bond motifs is 3. The molecule has 0 heterocycles. The molecule has 3 rings (SSSR count). The number of hydrogen-bond donors (Lipinski definition) is 1. The summed E-state index contributed by atoms with van der Waals surface area (Å²) >= 11 is 0. The SMILES string of the molecule is O=C(O)OC(=O)C(=O)OCC1c2ccccc2-c2ccccc21. The van der Waals surface area contributed by atoms with E-state index in [4.69, 9.17) is 9.84 Å². The second-order valence-corrected chi connectivity index (χ2v) is 4.98. The smallest absolute Gasteiger partial charge is 0.456 e. The zero-order valence-corrected chi connectivity index (χ0v) is 11.9. The molecule has 0 atom stereocenters. The molecule has 0 amide bonds. The molecule has 23 heavy (non-hydrogen) atoms. The Balaban J connectivity index is 1.80. The highest BCUT2D eigenvalue weighted by molar-refractivity contribution is 6.31. The maximum atomic E-state index is 11.5. The van der Waals surface area contributed by atoms with Crippen molar-refractivity contribution in [2.75, 3.05) is 6.61 Å². The number of benzene rings is 2. The molecule has 116 valence electrons. The van der Waals surface area contributed by atoms with Crippen LogP contribution in [0.5, 0.6) is 0 Å². The zero-order chi connectivity index (χ0) is 16.4. The number of esters is 2. The molecule has 0 radical (unpaired) electrons. The van der Waals surface area contributed by atoms with Crippen molar-refractivity contribution in [3.63, 3.8) is 0 Å². The van der Waals surface area contributed by atoms with Crippen molar-refractivity contribution in [2.45, 2.75) is 5.92 Å². The van der Waals surface area contributed by atoms with Crippen LogP contribution < -0.4 is 0 Å². The average molecular weight is 312 g/mol. The summed E-state index contributed by atoms with van der Waals surface area (Å²) in [6.45, 7) is -0.0679. The summed E-state index contributed by atoms with van der Waals surface area (Å²) in [6.07, 6.45) is -1.84. The topological polar surface area (TPSA) is 89.9 Å². The van der Waals surface area contributed by atoms with Gasteiger partial charge in [-0.15, -0.1) is 0 Å². The Hall–Kier alpha value is -3.15. The van der Waals surface area contributed by atoms with Gasteiger partial charge in [-0.25, -0.2) is 14.4 Å². The molecule has 2 aromatic carbocycles. The lowest BCUT2D eigenvalue weighted by atomic mass is 9.98. The quantitative estimate of drug-likeness (QED) is 0.521. The number of carbonyl (C=O) groups excluding carboxylic acids is 2. The van der Waals surface area contributed by atoms with Crippen molar-refractivity contribution >= 4 is 18.1 Å². The van der Waals surface area contributed by atoms with Gasteiger partial charge in [-0.05, 0) is 22.3 Å². The van der Waals surface area contributed by atoms with E-state index in [1.807, 2.05) is 48.5 Å². The highest BCUT2D eigenvalue weighted by Crippen LogP contribution is 2.44. The summed E-state index contributed by atoms with van der Waals surface area (Å²) in [5.74, 6) is -3.07. The summed E-state index contributed by atoms with van der Waals surface area (Å²) in [4.78, 5) is 32.9.